The highest BCUT2D eigenvalue weighted by Crippen LogP contribution is 2.42. The largest absolute Gasteiger partial charge is 0.352 e. The SMILES string of the molecule is CCNC(=O)c1cccc(NC(=O)C2(c3ccc(F)cc3)CCCC2)c1. The average Bonchev–Trinajstić information content (AvgIpc) is 3.14. The van der Waals surface area contributed by atoms with Gasteiger partial charge < -0.3 is 10.6 Å². The van der Waals surface area contributed by atoms with Crippen LogP contribution in [-0.4, -0.2) is 18.4 Å². The van der Waals surface area contributed by atoms with Crippen LogP contribution in [0.1, 0.15) is 48.5 Å². The monoisotopic (exact) mass is 354 g/mol. The van der Waals surface area contributed by atoms with Gasteiger partial charge in [-0.1, -0.05) is 31.0 Å². The number of hydrogen-bond acceptors (Lipinski definition) is 2. The predicted octanol–water partition coefficient (Wildman–Crippen LogP) is 4.03. The van der Waals surface area contributed by atoms with Crippen LogP contribution in [0.3, 0.4) is 0 Å². The molecule has 1 saturated carbocycles. The van der Waals surface area contributed by atoms with Crippen molar-refractivity contribution in [3.05, 3.63) is 65.5 Å². The molecule has 0 radical (unpaired) electrons. The van der Waals surface area contributed by atoms with Gasteiger partial charge in [0.25, 0.3) is 5.91 Å². The maximum Gasteiger partial charge on any atom is 0.251 e. The first-order chi connectivity index (χ1) is 12.5. The van der Waals surface area contributed by atoms with E-state index in [9.17, 15) is 14.0 Å². The van der Waals surface area contributed by atoms with Crippen molar-refractivity contribution in [2.75, 3.05) is 11.9 Å². The number of halogens is 1. The van der Waals surface area contributed by atoms with E-state index in [4.69, 9.17) is 0 Å². The Hall–Kier alpha value is -2.69. The molecule has 0 spiro atoms. The molecule has 0 saturated heterocycles. The lowest BCUT2D eigenvalue weighted by Crippen LogP contribution is -2.38. The van der Waals surface area contributed by atoms with Gasteiger partial charge in [-0.3, -0.25) is 9.59 Å². The number of hydrogen-bond donors (Lipinski definition) is 2. The molecule has 0 bridgehead atoms. The summed E-state index contributed by atoms with van der Waals surface area (Å²) in [6, 6.07) is 13.1. The van der Waals surface area contributed by atoms with Crippen LogP contribution in [0.15, 0.2) is 48.5 Å². The normalized spacial score (nSPS) is 15.5. The summed E-state index contributed by atoms with van der Waals surface area (Å²) in [4.78, 5) is 25.1. The second-order valence-electron chi connectivity index (χ2n) is 6.69. The molecule has 1 fully saturated rings. The van der Waals surface area contributed by atoms with Crippen molar-refractivity contribution >= 4 is 17.5 Å². The van der Waals surface area contributed by atoms with Crippen molar-refractivity contribution in [1.82, 2.24) is 5.32 Å². The summed E-state index contributed by atoms with van der Waals surface area (Å²) >= 11 is 0. The maximum atomic E-state index is 13.3. The van der Waals surface area contributed by atoms with Crippen LogP contribution in [0, 0.1) is 5.82 Å². The first-order valence-electron chi connectivity index (χ1n) is 9.01. The van der Waals surface area contributed by atoms with Crippen LogP contribution in [0.25, 0.3) is 0 Å². The average molecular weight is 354 g/mol. The summed E-state index contributed by atoms with van der Waals surface area (Å²) in [5.74, 6) is -0.579. The van der Waals surface area contributed by atoms with Crippen molar-refractivity contribution in [2.45, 2.75) is 38.0 Å². The summed E-state index contributed by atoms with van der Waals surface area (Å²) < 4.78 is 13.3. The van der Waals surface area contributed by atoms with E-state index in [1.54, 1.807) is 36.4 Å². The van der Waals surface area contributed by atoms with E-state index in [1.165, 1.54) is 12.1 Å². The van der Waals surface area contributed by atoms with E-state index in [0.717, 1.165) is 31.2 Å². The van der Waals surface area contributed by atoms with E-state index < -0.39 is 5.41 Å². The lowest BCUT2D eigenvalue weighted by molar-refractivity contribution is -0.121. The highest BCUT2D eigenvalue weighted by Gasteiger charge is 2.42. The molecule has 0 unspecified atom stereocenters. The van der Waals surface area contributed by atoms with Gasteiger partial charge in [-0.2, -0.15) is 0 Å². The number of rotatable bonds is 5. The van der Waals surface area contributed by atoms with Crippen molar-refractivity contribution in [1.29, 1.82) is 0 Å². The van der Waals surface area contributed by atoms with Crippen LogP contribution in [0.2, 0.25) is 0 Å². The Morgan fingerprint density at radius 3 is 2.42 bits per heavy atom. The van der Waals surface area contributed by atoms with Gasteiger partial charge in [0, 0.05) is 17.8 Å². The Balaban J connectivity index is 1.84. The number of benzene rings is 2. The Kier molecular flexibility index (Phi) is 5.35. The molecule has 5 heteroatoms. The lowest BCUT2D eigenvalue weighted by Gasteiger charge is -2.28. The minimum Gasteiger partial charge on any atom is -0.352 e. The number of anilines is 1. The Labute approximate surface area is 152 Å². The zero-order valence-corrected chi connectivity index (χ0v) is 14.8. The molecular weight excluding hydrogens is 331 g/mol. The third-order valence-electron chi connectivity index (χ3n) is 5.01. The number of amides is 2. The molecule has 0 aromatic heterocycles. The van der Waals surface area contributed by atoms with Gasteiger partial charge >= 0.3 is 0 Å². The first kappa shape index (κ1) is 18.1. The van der Waals surface area contributed by atoms with Crippen molar-refractivity contribution in [3.8, 4) is 0 Å². The topological polar surface area (TPSA) is 58.2 Å². The molecule has 2 N–H and O–H groups in total. The molecule has 0 atom stereocenters. The van der Waals surface area contributed by atoms with Crippen molar-refractivity contribution in [3.63, 3.8) is 0 Å². The van der Waals surface area contributed by atoms with E-state index in [-0.39, 0.29) is 17.6 Å². The van der Waals surface area contributed by atoms with Crippen LogP contribution in [0.5, 0.6) is 0 Å². The minimum absolute atomic E-state index is 0.102. The van der Waals surface area contributed by atoms with Gasteiger partial charge in [-0.05, 0) is 55.7 Å². The molecule has 136 valence electrons. The summed E-state index contributed by atoms with van der Waals surface area (Å²) in [6.07, 6.45) is 3.40. The lowest BCUT2D eigenvalue weighted by atomic mass is 9.78. The second-order valence-corrected chi connectivity index (χ2v) is 6.69. The minimum atomic E-state index is -0.643. The summed E-state index contributed by atoms with van der Waals surface area (Å²) in [5.41, 5.74) is 1.29. The Morgan fingerprint density at radius 2 is 1.77 bits per heavy atom. The first-order valence-corrected chi connectivity index (χ1v) is 9.01. The fourth-order valence-electron chi connectivity index (χ4n) is 3.65. The Morgan fingerprint density at radius 1 is 1.08 bits per heavy atom. The molecule has 3 rings (SSSR count). The zero-order chi connectivity index (χ0) is 18.6. The molecule has 0 heterocycles. The van der Waals surface area contributed by atoms with E-state index in [2.05, 4.69) is 10.6 Å². The highest BCUT2D eigenvalue weighted by atomic mass is 19.1. The van der Waals surface area contributed by atoms with Gasteiger partial charge in [-0.15, -0.1) is 0 Å². The summed E-state index contributed by atoms with van der Waals surface area (Å²) in [6.45, 7) is 2.40. The zero-order valence-electron chi connectivity index (χ0n) is 14.8. The molecule has 0 aliphatic heterocycles. The van der Waals surface area contributed by atoms with E-state index >= 15 is 0 Å². The van der Waals surface area contributed by atoms with Gasteiger partial charge in [0.15, 0.2) is 0 Å². The standard InChI is InChI=1S/C21H23FN2O2/c1-2-23-19(25)15-6-5-7-18(14-15)24-20(26)21(12-3-4-13-21)16-8-10-17(22)11-9-16/h5-11,14H,2-4,12-13H2,1H3,(H,23,25)(H,24,26). The number of carbonyl (C=O) groups excluding carboxylic acids is 2. The number of nitrogens with one attached hydrogen (secondary N) is 2. The molecular formula is C21H23FN2O2. The van der Waals surface area contributed by atoms with Crippen LogP contribution in [-0.2, 0) is 10.2 Å². The van der Waals surface area contributed by atoms with Crippen molar-refractivity contribution in [2.24, 2.45) is 0 Å². The highest BCUT2D eigenvalue weighted by molar-refractivity contribution is 6.01. The van der Waals surface area contributed by atoms with Gasteiger partial charge in [0.2, 0.25) is 5.91 Å². The molecule has 1 aliphatic carbocycles. The third kappa shape index (κ3) is 3.62. The van der Waals surface area contributed by atoms with Crippen molar-refractivity contribution < 1.29 is 14.0 Å². The maximum absolute atomic E-state index is 13.3. The smallest absolute Gasteiger partial charge is 0.251 e. The summed E-state index contributed by atoms with van der Waals surface area (Å²) in [5, 5.41) is 5.71. The van der Waals surface area contributed by atoms with Crippen LogP contribution >= 0.6 is 0 Å². The molecule has 4 nitrogen and oxygen atoms in total. The fourth-order valence-corrected chi connectivity index (χ4v) is 3.65. The van der Waals surface area contributed by atoms with Crippen LogP contribution in [0.4, 0.5) is 10.1 Å². The molecule has 2 aromatic carbocycles. The molecule has 2 aromatic rings. The quantitative estimate of drug-likeness (QED) is 0.852. The van der Waals surface area contributed by atoms with Gasteiger partial charge in [0.1, 0.15) is 5.82 Å². The predicted molar refractivity (Wildman–Crippen MR) is 99.6 cm³/mol. The van der Waals surface area contributed by atoms with E-state index in [1.807, 2.05) is 6.92 Å². The van der Waals surface area contributed by atoms with E-state index in [0.29, 0.717) is 17.8 Å². The molecule has 1 aliphatic rings. The van der Waals surface area contributed by atoms with Gasteiger partial charge in [0.05, 0.1) is 5.41 Å². The van der Waals surface area contributed by atoms with Gasteiger partial charge in [-0.25, -0.2) is 4.39 Å². The molecule has 26 heavy (non-hydrogen) atoms. The Bertz CT molecular complexity index is 796. The van der Waals surface area contributed by atoms with Crippen LogP contribution < -0.4 is 10.6 Å². The third-order valence-corrected chi connectivity index (χ3v) is 5.01. The summed E-state index contributed by atoms with van der Waals surface area (Å²) in [7, 11) is 0. The molecule has 2 amide bonds. The number of carbonyl (C=O) groups is 2. The second kappa shape index (κ2) is 7.68. The fraction of sp³-hybridized carbons (Fsp3) is 0.333.